The second-order valence-corrected chi connectivity index (χ2v) is 5.54. The Morgan fingerprint density at radius 1 is 1.00 bits per heavy atom. The first kappa shape index (κ1) is 18.5. The number of carbonyl (C=O) groups is 2. The van der Waals surface area contributed by atoms with Crippen LogP contribution in [0.15, 0.2) is 42.5 Å². The Balaban J connectivity index is 2.11. The normalized spacial score (nSPS) is 13.0. The molecule has 2 unspecified atom stereocenters. The number of carbonyl (C=O) groups excluding carboxylic acids is 2. The molecule has 2 aromatic rings. The fraction of sp³-hybridized carbons (Fsp3) is 0.222. The van der Waals surface area contributed by atoms with E-state index in [1.165, 1.54) is 32.2 Å². The number of benzene rings is 2. The highest BCUT2D eigenvalue weighted by Crippen LogP contribution is 2.19. The van der Waals surface area contributed by atoms with E-state index in [9.17, 15) is 23.5 Å². The number of rotatable bonds is 5. The lowest BCUT2D eigenvalue weighted by molar-refractivity contribution is 0.0851. The van der Waals surface area contributed by atoms with Gasteiger partial charge in [0.2, 0.25) is 0 Å². The molecule has 3 N–H and O–H groups in total. The van der Waals surface area contributed by atoms with Crippen LogP contribution < -0.4 is 10.6 Å². The molecular formula is C18H18F2N2O3. The predicted octanol–water partition coefficient (Wildman–Crippen LogP) is 2.18. The lowest BCUT2D eigenvalue weighted by Gasteiger charge is -2.21. The minimum atomic E-state index is -1.22. The summed E-state index contributed by atoms with van der Waals surface area (Å²) in [4.78, 5) is 23.9. The van der Waals surface area contributed by atoms with Gasteiger partial charge in [-0.1, -0.05) is 12.1 Å². The largest absolute Gasteiger partial charge is 0.386 e. The second-order valence-electron chi connectivity index (χ2n) is 5.54. The van der Waals surface area contributed by atoms with E-state index in [1.54, 1.807) is 12.1 Å². The highest BCUT2D eigenvalue weighted by Gasteiger charge is 2.20. The third kappa shape index (κ3) is 4.39. The summed E-state index contributed by atoms with van der Waals surface area (Å²) < 4.78 is 26.2. The van der Waals surface area contributed by atoms with Gasteiger partial charge in [0.05, 0.1) is 12.1 Å². The van der Waals surface area contributed by atoms with Crippen LogP contribution in [0, 0.1) is 11.6 Å². The summed E-state index contributed by atoms with van der Waals surface area (Å²) in [6, 6.07) is 8.36. The van der Waals surface area contributed by atoms with Gasteiger partial charge in [0, 0.05) is 18.2 Å². The molecule has 5 nitrogen and oxygen atoms in total. The zero-order valence-corrected chi connectivity index (χ0v) is 13.7. The van der Waals surface area contributed by atoms with Gasteiger partial charge < -0.3 is 15.7 Å². The van der Waals surface area contributed by atoms with E-state index in [0.29, 0.717) is 5.56 Å². The van der Waals surface area contributed by atoms with E-state index < -0.39 is 29.7 Å². The molecule has 0 bridgehead atoms. The van der Waals surface area contributed by atoms with Gasteiger partial charge in [-0.15, -0.1) is 0 Å². The number of amides is 2. The van der Waals surface area contributed by atoms with E-state index in [0.717, 1.165) is 12.1 Å². The zero-order chi connectivity index (χ0) is 18.6. The van der Waals surface area contributed by atoms with Crippen molar-refractivity contribution in [3.8, 4) is 0 Å². The van der Waals surface area contributed by atoms with Crippen molar-refractivity contribution < 1.29 is 23.5 Å². The fourth-order valence-electron chi connectivity index (χ4n) is 2.30. The van der Waals surface area contributed by atoms with Crippen LogP contribution in [0.25, 0.3) is 0 Å². The number of hydrogen-bond acceptors (Lipinski definition) is 3. The van der Waals surface area contributed by atoms with Gasteiger partial charge in [-0.3, -0.25) is 9.59 Å². The number of aliphatic hydroxyl groups excluding tert-OH is 1. The third-order valence-electron chi connectivity index (χ3n) is 3.73. The van der Waals surface area contributed by atoms with Crippen molar-refractivity contribution in [3.63, 3.8) is 0 Å². The molecule has 2 rings (SSSR count). The van der Waals surface area contributed by atoms with Crippen molar-refractivity contribution in [1.82, 2.24) is 10.6 Å². The first-order valence-corrected chi connectivity index (χ1v) is 7.59. The van der Waals surface area contributed by atoms with E-state index in [4.69, 9.17) is 0 Å². The van der Waals surface area contributed by atoms with Crippen LogP contribution in [0.1, 0.15) is 39.3 Å². The molecule has 2 amide bonds. The maximum absolute atomic E-state index is 13.3. The topological polar surface area (TPSA) is 78.4 Å². The molecule has 0 spiro atoms. The Kier molecular flexibility index (Phi) is 5.82. The number of nitrogens with one attached hydrogen (secondary N) is 2. The van der Waals surface area contributed by atoms with Gasteiger partial charge in [0.1, 0.15) is 0 Å². The van der Waals surface area contributed by atoms with E-state index >= 15 is 0 Å². The summed E-state index contributed by atoms with van der Waals surface area (Å²) >= 11 is 0. The van der Waals surface area contributed by atoms with Crippen LogP contribution >= 0.6 is 0 Å². The maximum Gasteiger partial charge on any atom is 0.251 e. The van der Waals surface area contributed by atoms with Crippen molar-refractivity contribution >= 4 is 11.8 Å². The molecule has 132 valence electrons. The quantitative estimate of drug-likeness (QED) is 0.775. The molecule has 0 heterocycles. The molecule has 2 atom stereocenters. The monoisotopic (exact) mass is 348 g/mol. The first-order valence-electron chi connectivity index (χ1n) is 7.59. The minimum Gasteiger partial charge on any atom is -0.386 e. The van der Waals surface area contributed by atoms with Crippen LogP contribution in [0.2, 0.25) is 0 Å². The minimum absolute atomic E-state index is 0.144. The molecule has 0 aliphatic rings. The average Bonchev–Trinajstić information content (AvgIpc) is 2.62. The first-order chi connectivity index (χ1) is 11.8. The molecule has 0 aliphatic carbocycles. The zero-order valence-electron chi connectivity index (χ0n) is 13.7. The highest BCUT2D eigenvalue weighted by atomic mass is 19.2. The van der Waals surface area contributed by atoms with Gasteiger partial charge >= 0.3 is 0 Å². The Labute approximate surface area is 143 Å². The Morgan fingerprint density at radius 2 is 1.64 bits per heavy atom. The molecule has 2 aromatic carbocycles. The molecule has 0 aromatic heterocycles. The molecule has 0 fully saturated rings. The summed E-state index contributed by atoms with van der Waals surface area (Å²) in [5, 5.41) is 15.2. The molecule has 0 radical (unpaired) electrons. The Bertz CT molecular complexity index is 796. The molecule has 0 aliphatic heterocycles. The Hall–Kier alpha value is -2.80. The highest BCUT2D eigenvalue weighted by molar-refractivity contribution is 5.99. The standard InChI is InChI=1S/C18H18F2N2O3/c1-10(16(23)11-6-7-14(19)15(20)9-11)22-18(25)13-5-3-4-12(8-13)17(24)21-2/h3-10,16,23H,1-2H3,(H,21,24)(H,22,25). The fourth-order valence-corrected chi connectivity index (χ4v) is 2.30. The van der Waals surface area contributed by atoms with Gasteiger partial charge in [0.25, 0.3) is 11.8 Å². The summed E-state index contributed by atoms with van der Waals surface area (Å²) in [5.74, 6) is -2.92. The van der Waals surface area contributed by atoms with Crippen molar-refractivity contribution in [2.24, 2.45) is 0 Å². The van der Waals surface area contributed by atoms with Crippen molar-refractivity contribution in [1.29, 1.82) is 0 Å². The smallest absolute Gasteiger partial charge is 0.251 e. The van der Waals surface area contributed by atoms with E-state index in [1.807, 2.05) is 0 Å². The molecule has 25 heavy (non-hydrogen) atoms. The third-order valence-corrected chi connectivity index (χ3v) is 3.73. The molecule has 0 saturated carbocycles. The van der Waals surface area contributed by atoms with Crippen LogP contribution in [-0.2, 0) is 0 Å². The second kappa shape index (κ2) is 7.85. The molecule has 7 heteroatoms. The summed E-state index contributed by atoms with van der Waals surface area (Å²) in [7, 11) is 1.48. The summed E-state index contributed by atoms with van der Waals surface area (Å²) in [6.45, 7) is 1.53. The van der Waals surface area contributed by atoms with Gasteiger partial charge in [0.15, 0.2) is 11.6 Å². The summed E-state index contributed by atoms with van der Waals surface area (Å²) in [6.07, 6.45) is -1.22. The van der Waals surface area contributed by atoms with E-state index in [-0.39, 0.29) is 17.0 Å². The van der Waals surface area contributed by atoms with Crippen LogP contribution in [-0.4, -0.2) is 30.0 Å². The lowest BCUT2D eigenvalue weighted by Crippen LogP contribution is -2.37. The number of aliphatic hydroxyl groups is 1. The van der Waals surface area contributed by atoms with Crippen molar-refractivity contribution in [2.75, 3.05) is 7.05 Å². The predicted molar refractivity (Wildman–Crippen MR) is 88.1 cm³/mol. The summed E-state index contributed by atoms with van der Waals surface area (Å²) in [5.41, 5.74) is 0.709. The SMILES string of the molecule is CNC(=O)c1cccc(C(=O)NC(C)C(O)c2ccc(F)c(F)c2)c1. The maximum atomic E-state index is 13.3. The number of hydrogen-bond donors (Lipinski definition) is 3. The van der Waals surface area contributed by atoms with Crippen molar-refractivity contribution in [3.05, 3.63) is 70.8 Å². The van der Waals surface area contributed by atoms with Crippen LogP contribution in [0.5, 0.6) is 0 Å². The lowest BCUT2D eigenvalue weighted by atomic mass is 10.0. The van der Waals surface area contributed by atoms with Crippen molar-refractivity contribution in [2.45, 2.75) is 19.1 Å². The van der Waals surface area contributed by atoms with Gasteiger partial charge in [-0.05, 0) is 42.8 Å². The molecule has 0 saturated heterocycles. The van der Waals surface area contributed by atoms with Crippen LogP contribution in [0.4, 0.5) is 8.78 Å². The van der Waals surface area contributed by atoms with Crippen LogP contribution in [0.3, 0.4) is 0 Å². The number of halogens is 2. The Morgan fingerprint density at radius 3 is 2.24 bits per heavy atom. The van der Waals surface area contributed by atoms with Gasteiger partial charge in [-0.2, -0.15) is 0 Å². The molecular weight excluding hydrogens is 330 g/mol. The van der Waals surface area contributed by atoms with E-state index in [2.05, 4.69) is 10.6 Å². The van der Waals surface area contributed by atoms with Gasteiger partial charge in [-0.25, -0.2) is 8.78 Å². The average molecular weight is 348 g/mol.